The van der Waals surface area contributed by atoms with Crippen molar-refractivity contribution < 1.29 is 4.42 Å². The molecule has 0 bridgehead atoms. The molecule has 0 spiro atoms. The van der Waals surface area contributed by atoms with Crippen LogP contribution in [-0.4, -0.2) is 9.38 Å². The predicted molar refractivity (Wildman–Crippen MR) is 62.3 cm³/mol. The first-order valence-corrected chi connectivity index (χ1v) is 5.11. The number of nitrogens with zero attached hydrogens (tertiary/aromatic N) is 2. The maximum absolute atomic E-state index is 5.89. The highest BCUT2D eigenvalue weighted by atomic mass is 35.5. The Hall–Kier alpha value is -1.94. The number of rotatable bonds is 1. The molecule has 3 aromatic heterocycles. The molecule has 3 rings (SSSR count). The molecule has 0 radical (unpaired) electrons. The molecule has 0 aromatic carbocycles. The molecule has 0 saturated carbocycles. The minimum absolute atomic E-state index is 0.334. The number of hydrogen-bond acceptors (Lipinski definition) is 3. The molecule has 0 amide bonds. The molecule has 0 fully saturated rings. The Morgan fingerprint density at radius 2 is 2.12 bits per heavy atom. The van der Waals surface area contributed by atoms with Crippen LogP contribution in [0.3, 0.4) is 0 Å². The first kappa shape index (κ1) is 9.30. The largest absolute Gasteiger partial charge is 0.441 e. The summed E-state index contributed by atoms with van der Waals surface area (Å²) in [6.45, 7) is 0. The van der Waals surface area contributed by atoms with Gasteiger partial charge in [-0.2, -0.15) is 0 Å². The highest BCUT2D eigenvalue weighted by molar-refractivity contribution is 6.28. The number of aromatic nitrogens is 2. The Kier molecular flexibility index (Phi) is 1.91. The van der Waals surface area contributed by atoms with Gasteiger partial charge < -0.3 is 10.2 Å². The molecule has 0 aliphatic rings. The van der Waals surface area contributed by atoms with Gasteiger partial charge in [0.05, 0.1) is 11.7 Å². The number of furan rings is 1. The van der Waals surface area contributed by atoms with E-state index in [1.165, 1.54) is 0 Å². The molecule has 3 aromatic rings. The normalized spacial score (nSPS) is 11.1. The van der Waals surface area contributed by atoms with Crippen LogP contribution in [0.1, 0.15) is 0 Å². The summed E-state index contributed by atoms with van der Waals surface area (Å²) in [6, 6.07) is 9.06. The second-order valence-corrected chi connectivity index (χ2v) is 3.77. The lowest BCUT2D eigenvalue weighted by Gasteiger charge is -2.01. The third-order valence-corrected chi connectivity index (χ3v) is 2.58. The Balaban J connectivity index is 2.32. The van der Waals surface area contributed by atoms with Crippen molar-refractivity contribution in [3.05, 3.63) is 41.7 Å². The van der Waals surface area contributed by atoms with Crippen LogP contribution in [0.15, 0.2) is 40.9 Å². The summed E-state index contributed by atoms with van der Waals surface area (Å²) >= 11 is 5.73. The monoisotopic (exact) mass is 233 g/mol. The first-order chi connectivity index (χ1) is 7.75. The van der Waals surface area contributed by atoms with E-state index in [-0.39, 0.29) is 0 Å². The lowest BCUT2D eigenvalue weighted by Crippen LogP contribution is -1.97. The minimum Gasteiger partial charge on any atom is -0.441 e. The van der Waals surface area contributed by atoms with E-state index >= 15 is 0 Å². The zero-order chi connectivity index (χ0) is 11.1. The second kappa shape index (κ2) is 3.28. The fourth-order valence-electron chi connectivity index (χ4n) is 1.68. The van der Waals surface area contributed by atoms with Gasteiger partial charge in [-0.3, -0.25) is 4.40 Å². The molecule has 0 aliphatic carbocycles. The van der Waals surface area contributed by atoms with Gasteiger partial charge >= 0.3 is 0 Å². The van der Waals surface area contributed by atoms with Crippen LogP contribution in [0.2, 0.25) is 5.22 Å². The van der Waals surface area contributed by atoms with E-state index in [0.717, 1.165) is 5.52 Å². The van der Waals surface area contributed by atoms with Crippen LogP contribution in [-0.2, 0) is 0 Å². The first-order valence-electron chi connectivity index (χ1n) is 4.73. The van der Waals surface area contributed by atoms with E-state index in [9.17, 15) is 0 Å². The van der Waals surface area contributed by atoms with Gasteiger partial charge in [-0.25, -0.2) is 4.98 Å². The van der Waals surface area contributed by atoms with Crippen molar-refractivity contribution in [3.8, 4) is 11.6 Å². The van der Waals surface area contributed by atoms with Crippen LogP contribution in [0.4, 0.5) is 5.82 Å². The molecule has 0 aliphatic heterocycles. The average Bonchev–Trinajstić information content (AvgIpc) is 2.84. The molecule has 5 heteroatoms. The lowest BCUT2D eigenvalue weighted by molar-refractivity contribution is 0.579. The number of pyridine rings is 1. The van der Waals surface area contributed by atoms with E-state index in [4.69, 9.17) is 21.8 Å². The minimum atomic E-state index is 0.334. The number of imidazole rings is 1. The van der Waals surface area contributed by atoms with Gasteiger partial charge in [0.1, 0.15) is 5.82 Å². The van der Waals surface area contributed by atoms with Gasteiger partial charge in [-0.15, -0.1) is 0 Å². The molecule has 16 heavy (non-hydrogen) atoms. The van der Waals surface area contributed by atoms with Crippen LogP contribution >= 0.6 is 11.6 Å². The fraction of sp³-hybridized carbons (Fsp3) is 0. The number of nitrogens with two attached hydrogens (primary N) is 1. The summed E-state index contributed by atoms with van der Waals surface area (Å²) < 4.78 is 7.13. The Bertz CT molecular complexity index is 656. The highest BCUT2D eigenvalue weighted by Gasteiger charge is 2.11. The van der Waals surface area contributed by atoms with Crippen molar-refractivity contribution in [2.24, 2.45) is 0 Å². The Morgan fingerprint density at radius 1 is 1.25 bits per heavy atom. The third-order valence-electron chi connectivity index (χ3n) is 2.37. The number of nitrogen functional groups attached to an aromatic ring is 1. The summed E-state index contributed by atoms with van der Waals surface area (Å²) in [5.74, 6) is 1.86. The summed E-state index contributed by atoms with van der Waals surface area (Å²) in [5.41, 5.74) is 6.81. The highest BCUT2D eigenvalue weighted by Crippen LogP contribution is 2.26. The molecule has 2 N–H and O–H groups in total. The van der Waals surface area contributed by atoms with Crippen molar-refractivity contribution in [2.75, 3.05) is 5.73 Å². The lowest BCUT2D eigenvalue weighted by atomic mass is 10.4. The quantitative estimate of drug-likeness (QED) is 0.703. The van der Waals surface area contributed by atoms with Crippen molar-refractivity contribution in [2.45, 2.75) is 0 Å². The average molecular weight is 234 g/mol. The van der Waals surface area contributed by atoms with E-state index in [1.54, 1.807) is 18.3 Å². The molecular formula is C11H8ClN3O. The summed E-state index contributed by atoms with van der Waals surface area (Å²) in [5, 5.41) is 0.334. The van der Waals surface area contributed by atoms with E-state index in [1.807, 2.05) is 22.6 Å². The van der Waals surface area contributed by atoms with Gasteiger partial charge in [0.2, 0.25) is 0 Å². The standard InChI is InChI=1S/C11H8ClN3O/c12-9-5-4-8(16-9)11-14-6-7-2-1-3-10(13)15(7)11/h1-6H,13H2. The van der Waals surface area contributed by atoms with Crippen LogP contribution < -0.4 is 5.73 Å². The molecule has 0 saturated heterocycles. The van der Waals surface area contributed by atoms with Gasteiger partial charge in [-0.1, -0.05) is 6.07 Å². The Morgan fingerprint density at radius 3 is 2.88 bits per heavy atom. The van der Waals surface area contributed by atoms with E-state index in [2.05, 4.69) is 4.98 Å². The van der Waals surface area contributed by atoms with Crippen molar-refractivity contribution in [1.82, 2.24) is 9.38 Å². The van der Waals surface area contributed by atoms with Gasteiger partial charge in [0, 0.05) is 0 Å². The summed E-state index contributed by atoms with van der Waals surface area (Å²) in [7, 11) is 0. The maximum atomic E-state index is 5.89. The zero-order valence-electron chi connectivity index (χ0n) is 8.22. The Labute approximate surface area is 96.3 Å². The molecule has 80 valence electrons. The number of hydrogen-bond donors (Lipinski definition) is 1. The zero-order valence-corrected chi connectivity index (χ0v) is 8.98. The van der Waals surface area contributed by atoms with Gasteiger partial charge in [-0.05, 0) is 35.9 Å². The second-order valence-electron chi connectivity index (χ2n) is 3.40. The van der Waals surface area contributed by atoms with Crippen molar-refractivity contribution in [3.63, 3.8) is 0 Å². The van der Waals surface area contributed by atoms with E-state index < -0.39 is 0 Å². The topological polar surface area (TPSA) is 56.5 Å². The summed E-state index contributed by atoms with van der Waals surface area (Å²) in [6.07, 6.45) is 1.74. The summed E-state index contributed by atoms with van der Waals surface area (Å²) in [4.78, 5) is 4.27. The van der Waals surface area contributed by atoms with E-state index in [0.29, 0.717) is 22.6 Å². The van der Waals surface area contributed by atoms with Gasteiger partial charge in [0.15, 0.2) is 16.8 Å². The third kappa shape index (κ3) is 1.27. The van der Waals surface area contributed by atoms with Crippen molar-refractivity contribution >= 4 is 22.9 Å². The van der Waals surface area contributed by atoms with Gasteiger partial charge in [0.25, 0.3) is 0 Å². The predicted octanol–water partition coefficient (Wildman–Crippen LogP) is 2.83. The molecule has 4 nitrogen and oxygen atoms in total. The number of halogens is 1. The van der Waals surface area contributed by atoms with Crippen LogP contribution in [0.5, 0.6) is 0 Å². The number of fused-ring (bicyclic) bond motifs is 1. The molecule has 3 heterocycles. The van der Waals surface area contributed by atoms with Crippen molar-refractivity contribution in [1.29, 1.82) is 0 Å². The molecular weight excluding hydrogens is 226 g/mol. The SMILES string of the molecule is Nc1cccc2cnc(-c3ccc(Cl)o3)n12. The molecule has 0 atom stereocenters. The smallest absolute Gasteiger partial charge is 0.194 e. The fourth-order valence-corrected chi connectivity index (χ4v) is 1.83. The van der Waals surface area contributed by atoms with Crippen LogP contribution in [0, 0.1) is 0 Å². The molecule has 0 unspecified atom stereocenters. The van der Waals surface area contributed by atoms with Crippen LogP contribution in [0.25, 0.3) is 17.1 Å². The number of anilines is 1. The maximum Gasteiger partial charge on any atom is 0.194 e.